The van der Waals surface area contributed by atoms with Gasteiger partial charge in [-0.2, -0.15) is 0 Å². The molecule has 0 radical (unpaired) electrons. The van der Waals surface area contributed by atoms with Crippen LogP contribution in [-0.4, -0.2) is 24.3 Å². The van der Waals surface area contributed by atoms with E-state index in [1.807, 2.05) is 34.0 Å². The average molecular weight is 154 g/mol. The Morgan fingerprint density at radius 2 is 2.00 bits per heavy atom. The minimum absolute atomic E-state index is 0.314. The number of hydrogen-bond donors (Lipinski definition) is 0. The molecule has 0 bridgehead atoms. The molecule has 1 aliphatic rings. The van der Waals surface area contributed by atoms with E-state index in [1.165, 1.54) is 5.57 Å². The highest BCUT2D eigenvalue weighted by Crippen LogP contribution is 2.05. The number of rotatable bonds is 0. The minimum Gasteiger partial charge on any atom is -0.359 e. The highest BCUT2D eigenvalue weighted by atomic mass is 15.2. The first-order chi connectivity index (χ1) is 5.20. The maximum atomic E-state index is 4.22. The third-order valence-corrected chi connectivity index (χ3v) is 1.49. The zero-order valence-corrected chi connectivity index (χ0v) is 8.13. The number of hydrogen-bond acceptors (Lipinski definition) is 2. The van der Waals surface area contributed by atoms with Crippen molar-refractivity contribution in [1.82, 2.24) is 4.90 Å². The van der Waals surface area contributed by atoms with E-state index in [0.717, 1.165) is 0 Å². The van der Waals surface area contributed by atoms with Crippen LogP contribution in [0, 0.1) is 0 Å². The van der Waals surface area contributed by atoms with Gasteiger partial charge in [0.15, 0.2) is 0 Å². The summed E-state index contributed by atoms with van der Waals surface area (Å²) in [4.78, 5) is 6.32. The van der Waals surface area contributed by atoms with Gasteiger partial charge < -0.3 is 4.90 Å². The molecule has 64 valence electrons. The third-order valence-electron chi connectivity index (χ3n) is 1.49. The predicted octanol–water partition coefficient (Wildman–Crippen LogP) is 2.28. The Labute approximate surface area is 69.6 Å². The van der Waals surface area contributed by atoms with Gasteiger partial charge in [-0.15, -0.1) is 0 Å². The molecule has 0 aliphatic carbocycles. The van der Waals surface area contributed by atoms with Gasteiger partial charge in [0.25, 0.3) is 0 Å². The predicted molar refractivity (Wildman–Crippen MR) is 50.8 cm³/mol. The van der Waals surface area contributed by atoms with Crippen molar-refractivity contribution in [2.45, 2.75) is 33.9 Å². The molecule has 0 aromatic rings. The molecule has 0 N–H and O–H groups in total. The van der Waals surface area contributed by atoms with Gasteiger partial charge in [0.05, 0.1) is 0 Å². The van der Waals surface area contributed by atoms with E-state index in [2.05, 4.69) is 23.0 Å². The highest BCUT2D eigenvalue weighted by Gasteiger charge is 2.05. The Bertz CT molecular complexity index is 159. The Morgan fingerprint density at radius 3 is 2.36 bits per heavy atom. The van der Waals surface area contributed by atoms with Gasteiger partial charge in [0, 0.05) is 19.5 Å². The van der Waals surface area contributed by atoms with Crippen molar-refractivity contribution in [1.29, 1.82) is 0 Å². The molecular formula is C9H18N2. The van der Waals surface area contributed by atoms with Crippen LogP contribution in [0.1, 0.15) is 27.7 Å². The minimum atomic E-state index is 0.314. The summed E-state index contributed by atoms with van der Waals surface area (Å²) in [6.07, 6.45) is 4.32. The van der Waals surface area contributed by atoms with Gasteiger partial charge in [0.2, 0.25) is 0 Å². The number of allylic oxidation sites excluding steroid dienone is 1. The van der Waals surface area contributed by atoms with Gasteiger partial charge in [-0.05, 0) is 19.4 Å². The van der Waals surface area contributed by atoms with Gasteiger partial charge in [-0.1, -0.05) is 13.8 Å². The smallest absolute Gasteiger partial charge is 0.117 e. The number of aliphatic imine (C=N–C) groups is 1. The van der Waals surface area contributed by atoms with Crippen LogP contribution in [0.25, 0.3) is 0 Å². The fourth-order valence-electron chi connectivity index (χ4n) is 0.793. The summed E-state index contributed by atoms with van der Waals surface area (Å²) in [5, 5.41) is 0. The van der Waals surface area contributed by atoms with Crippen molar-refractivity contribution in [3.63, 3.8) is 0 Å². The quantitative estimate of drug-likeness (QED) is 0.522. The summed E-state index contributed by atoms with van der Waals surface area (Å²) in [5.74, 6) is 0. The lowest BCUT2D eigenvalue weighted by atomic mass is 10.3. The second kappa shape index (κ2) is 4.94. The summed E-state index contributed by atoms with van der Waals surface area (Å²) < 4.78 is 0. The lowest BCUT2D eigenvalue weighted by molar-refractivity contribution is 0.357. The van der Waals surface area contributed by atoms with E-state index in [9.17, 15) is 0 Å². The van der Waals surface area contributed by atoms with Gasteiger partial charge in [-0.25, -0.2) is 0 Å². The summed E-state index contributed by atoms with van der Waals surface area (Å²) in [6.45, 7) is 8.12. The molecule has 2 nitrogen and oxygen atoms in total. The van der Waals surface area contributed by atoms with Crippen LogP contribution in [0.3, 0.4) is 0 Å². The van der Waals surface area contributed by atoms with E-state index < -0.39 is 0 Å². The number of nitrogens with zero attached hydrogens (tertiary/aromatic N) is 2. The largest absolute Gasteiger partial charge is 0.359 e. The van der Waals surface area contributed by atoms with Crippen molar-refractivity contribution >= 4 is 6.21 Å². The summed E-state index contributed by atoms with van der Waals surface area (Å²) in [6, 6.07) is 0. The molecule has 11 heavy (non-hydrogen) atoms. The lowest BCUT2D eigenvalue weighted by Gasteiger charge is -2.22. The van der Waals surface area contributed by atoms with Crippen LogP contribution in [-0.2, 0) is 0 Å². The van der Waals surface area contributed by atoms with Gasteiger partial charge >= 0.3 is 0 Å². The van der Waals surface area contributed by atoms with E-state index >= 15 is 0 Å². The second-order valence-corrected chi connectivity index (χ2v) is 2.45. The first kappa shape index (κ1) is 10.2. The van der Waals surface area contributed by atoms with Gasteiger partial charge in [-0.3, -0.25) is 4.99 Å². The molecule has 0 saturated carbocycles. The van der Waals surface area contributed by atoms with Crippen LogP contribution >= 0.6 is 0 Å². The topological polar surface area (TPSA) is 15.6 Å². The Balaban J connectivity index is 0.000000461. The van der Waals surface area contributed by atoms with Crippen LogP contribution in [0.2, 0.25) is 0 Å². The Kier molecular flexibility index (Phi) is 4.59. The molecule has 0 saturated heterocycles. The van der Waals surface area contributed by atoms with Crippen molar-refractivity contribution < 1.29 is 0 Å². The maximum absolute atomic E-state index is 4.22. The van der Waals surface area contributed by atoms with Crippen molar-refractivity contribution in [3.8, 4) is 0 Å². The lowest BCUT2D eigenvalue weighted by Crippen LogP contribution is -2.24. The molecule has 0 spiro atoms. The van der Waals surface area contributed by atoms with Crippen molar-refractivity contribution in [2.75, 3.05) is 7.05 Å². The second-order valence-electron chi connectivity index (χ2n) is 2.45. The molecular weight excluding hydrogens is 136 g/mol. The van der Waals surface area contributed by atoms with Gasteiger partial charge in [0.1, 0.15) is 6.17 Å². The maximum Gasteiger partial charge on any atom is 0.117 e. The first-order valence-electron chi connectivity index (χ1n) is 4.13. The standard InChI is InChI=1S/C7H12N2.C2H6/c1-6-4-8-7(2)9(3)5-6;1-2/h4-5,7H,1-3H3;1-2H3. The SMILES string of the molecule is CC.CC1=CN(C)C(C)N=C1. The summed E-state index contributed by atoms with van der Waals surface area (Å²) >= 11 is 0. The average Bonchev–Trinajstić information content (AvgIpc) is 2.02. The zero-order chi connectivity index (χ0) is 8.85. The normalized spacial score (nSPS) is 22.1. The monoisotopic (exact) mass is 154 g/mol. The van der Waals surface area contributed by atoms with Crippen molar-refractivity contribution in [2.24, 2.45) is 4.99 Å². The molecule has 2 heteroatoms. The first-order valence-corrected chi connectivity index (χ1v) is 4.13. The Hall–Kier alpha value is -0.790. The van der Waals surface area contributed by atoms with E-state index in [0.29, 0.717) is 6.17 Å². The van der Waals surface area contributed by atoms with E-state index in [1.54, 1.807) is 0 Å². The van der Waals surface area contributed by atoms with Crippen LogP contribution < -0.4 is 0 Å². The van der Waals surface area contributed by atoms with E-state index in [4.69, 9.17) is 0 Å². The molecule has 1 heterocycles. The highest BCUT2D eigenvalue weighted by molar-refractivity contribution is 5.78. The molecule has 0 fully saturated rings. The van der Waals surface area contributed by atoms with Crippen LogP contribution in [0.5, 0.6) is 0 Å². The molecule has 0 amide bonds. The molecule has 0 aromatic heterocycles. The third kappa shape index (κ3) is 3.21. The fourth-order valence-corrected chi connectivity index (χ4v) is 0.793. The molecule has 1 unspecified atom stereocenters. The van der Waals surface area contributed by atoms with Crippen LogP contribution in [0.4, 0.5) is 0 Å². The molecule has 1 aliphatic heterocycles. The van der Waals surface area contributed by atoms with Crippen LogP contribution in [0.15, 0.2) is 16.8 Å². The van der Waals surface area contributed by atoms with Crippen molar-refractivity contribution in [3.05, 3.63) is 11.8 Å². The zero-order valence-electron chi connectivity index (χ0n) is 8.13. The molecule has 1 rings (SSSR count). The summed E-state index contributed by atoms with van der Waals surface area (Å²) in [5.41, 5.74) is 1.22. The van der Waals surface area contributed by atoms with E-state index in [-0.39, 0.29) is 0 Å². The molecule has 0 aromatic carbocycles. The fraction of sp³-hybridized carbons (Fsp3) is 0.667. The summed E-state index contributed by atoms with van der Waals surface area (Å²) in [7, 11) is 2.03. The Morgan fingerprint density at radius 1 is 1.45 bits per heavy atom. The molecule has 1 atom stereocenters.